The molecule has 2 rings (SSSR count). The van der Waals surface area contributed by atoms with Crippen LogP contribution in [0.4, 0.5) is 4.39 Å². The van der Waals surface area contributed by atoms with Gasteiger partial charge < -0.3 is 25.4 Å². The summed E-state index contributed by atoms with van der Waals surface area (Å²) in [6.45, 7) is 9.21. The van der Waals surface area contributed by atoms with Gasteiger partial charge in [-0.15, -0.1) is 0 Å². The van der Waals surface area contributed by atoms with Gasteiger partial charge in [-0.25, -0.2) is 4.39 Å². The molecule has 0 atom stereocenters. The lowest BCUT2D eigenvalue weighted by Crippen LogP contribution is -2.41. The maximum absolute atomic E-state index is 13.6. The Balaban J connectivity index is 1.60. The van der Waals surface area contributed by atoms with Crippen LogP contribution >= 0.6 is 0 Å². The minimum Gasteiger partial charge on any atom is -0.381 e. The van der Waals surface area contributed by atoms with Crippen LogP contribution in [0, 0.1) is 18.7 Å². The molecule has 8 heteroatoms. The third kappa shape index (κ3) is 9.09. The molecule has 30 heavy (non-hydrogen) atoms. The van der Waals surface area contributed by atoms with E-state index >= 15 is 0 Å². The Morgan fingerprint density at radius 3 is 2.73 bits per heavy atom. The zero-order chi connectivity index (χ0) is 21.6. The van der Waals surface area contributed by atoms with Gasteiger partial charge in [0.1, 0.15) is 5.82 Å². The summed E-state index contributed by atoms with van der Waals surface area (Å²) in [6, 6.07) is 4.48. The summed E-state index contributed by atoms with van der Waals surface area (Å²) in [7, 11) is 0. The molecule has 1 aromatic carbocycles. The van der Waals surface area contributed by atoms with Crippen LogP contribution in [-0.4, -0.2) is 64.5 Å². The molecule has 0 spiro atoms. The van der Waals surface area contributed by atoms with Crippen LogP contribution in [0.3, 0.4) is 0 Å². The number of carbonyl (C=O) groups is 1. The van der Waals surface area contributed by atoms with Crippen LogP contribution in [0.5, 0.6) is 0 Å². The number of carbonyl (C=O) groups excluding carboxylic acids is 1. The average molecular weight is 423 g/mol. The fourth-order valence-corrected chi connectivity index (χ4v) is 3.06. The second kappa shape index (κ2) is 13.9. The van der Waals surface area contributed by atoms with E-state index in [1.165, 1.54) is 6.07 Å². The van der Waals surface area contributed by atoms with Gasteiger partial charge in [-0.2, -0.15) is 0 Å². The van der Waals surface area contributed by atoms with Gasteiger partial charge in [0.2, 0.25) is 0 Å². The lowest BCUT2D eigenvalue weighted by Gasteiger charge is -2.21. The molecule has 1 aliphatic heterocycles. The van der Waals surface area contributed by atoms with Gasteiger partial charge in [0.25, 0.3) is 5.91 Å². The summed E-state index contributed by atoms with van der Waals surface area (Å²) < 4.78 is 24.7. The van der Waals surface area contributed by atoms with Crippen LogP contribution in [0.2, 0.25) is 0 Å². The minimum atomic E-state index is -0.376. The summed E-state index contributed by atoms with van der Waals surface area (Å²) in [5.74, 6) is 0.656. The summed E-state index contributed by atoms with van der Waals surface area (Å²) in [4.78, 5) is 16.6. The molecule has 7 nitrogen and oxygen atoms in total. The molecule has 168 valence electrons. The van der Waals surface area contributed by atoms with Crippen molar-refractivity contribution in [1.29, 1.82) is 0 Å². The lowest BCUT2D eigenvalue weighted by atomic mass is 10.0. The first-order valence-corrected chi connectivity index (χ1v) is 10.8. The molecular weight excluding hydrogens is 387 g/mol. The highest BCUT2D eigenvalue weighted by Crippen LogP contribution is 2.14. The van der Waals surface area contributed by atoms with E-state index in [1.54, 1.807) is 19.1 Å². The van der Waals surface area contributed by atoms with Gasteiger partial charge in [-0.3, -0.25) is 9.79 Å². The molecule has 0 aliphatic carbocycles. The van der Waals surface area contributed by atoms with Crippen molar-refractivity contribution in [3.05, 3.63) is 35.1 Å². The first-order valence-electron chi connectivity index (χ1n) is 10.8. The Morgan fingerprint density at radius 2 is 2.00 bits per heavy atom. The highest BCUT2D eigenvalue weighted by molar-refractivity contribution is 5.94. The van der Waals surface area contributed by atoms with Gasteiger partial charge in [0, 0.05) is 58.2 Å². The largest absolute Gasteiger partial charge is 0.381 e. The van der Waals surface area contributed by atoms with E-state index in [-0.39, 0.29) is 11.7 Å². The van der Waals surface area contributed by atoms with E-state index in [4.69, 9.17) is 9.47 Å². The molecule has 1 aromatic rings. The van der Waals surface area contributed by atoms with Crippen molar-refractivity contribution in [3.8, 4) is 0 Å². The molecule has 3 N–H and O–H groups in total. The number of ether oxygens (including phenoxy) is 2. The first-order chi connectivity index (χ1) is 14.6. The van der Waals surface area contributed by atoms with Gasteiger partial charge in [-0.1, -0.05) is 6.07 Å². The van der Waals surface area contributed by atoms with E-state index in [1.807, 2.05) is 6.92 Å². The molecule has 0 bridgehead atoms. The van der Waals surface area contributed by atoms with Crippen molar-refractivity contribution in [2.24, 2.45) is 10.9 Å². The second-order valence-electron chi connectivity index (χ2n) is 7.39. The van der Waals surface area contributed by atoms with E-state index in [0.717, 1.165) is 45.6 Å². The fourth-order valence-electron chi connectivity index (χ4n) is 3.06. The van der Waals surface area contributed by atoms with Gasteiger partial charge in [0.05, 0.1) is 0 Å². The summed E-state index contributed by atoms with van der Waals surface area (Å²) in [5.41, 5.74) is 0.841. The predicted octanol–water partition coefficient (Wildman–Crippen LogP) is 2.25. The number of guanidine groups is 1. The molecular formula is C22H35FN4O3. The number of nitrogens with one attached hydrogen (secondary N) is 3. The molecule has 1 aliphatic rings. The zero-order valence-corrected chi connectivity index (χ0v) is 18.1. The van der Waals surface area contributed by atoms with E-state index in [9.17, 15) is 9.18 Å². The van der Waals surface area contributed by atoms with Crippen LogP contribution in [0.15, 0.2) is 23.2 Å². The molecule has 1 fully saturated rings. The normalized spacial score (nSPS) is 15.1. The van der Waals surface area contributed by atoms with E-state index in [0.29, 0.717) is 49.2 Å². The minimum absolute atomic E-state index is 0.292. The molecule has 1 amide bonds. The second-order valence-corrected chi connectivity index (χ2v) is 7.39. The molecule has 0 saturated carbocycles. The Kier molecular flexibility index (Phi) is 11.2. The molecule has 1 heterocycles. The monoisotopic (exact) mass is 422 g/mol. The maximum atomic E-state index is 13.6. The fraction of sp³-hybridized carbons (Fsp3) is 0.636. The van der Waals surface area contributed by atoms with Gasteiger partial charge in [-0.05, 0) is 56.7 Å². The third-order valence-electron chi connectivity index (χ3n) is 4.89. The smallest absolute Gasteiger partial charge is 0.251 e. The number of benzene rings is 1. The summed E-state index contributed by atoms with van der Waals surface area (Å²) in [6.07, 6.45) is 3.03. The number of halogens is 1. The van der Waals surface area contributed by atoms with Crippen molar-refractivity contribution < 1.29 is 18.7 Å². The SMILES string of the molecule is CCNC(=NCCCOCC1CCOCC1)NCCNC(=O)c1ccc(C)c(F)c1. The lowest BCUT2D eigenvalue weighted by molar-refractivity contribution is 0.0205. The quantitative estimate of drug-likeness (QED) is 0.289. The summed E-state index contributed by atoms with van der Waals surface area (Å²) in [5, 5.41) is 9.15. The first kappa shape index (κ1) is 24.1. The number of hydrogen-bond donors (Lipinski definition) is 3. The topological polar surface area (TPSA) is 84.0 Å². The third-order valence-corrected chi connectivity index (χ3v) is 4.89. The number of nitrogens with zero attached hydrogens (tertiary/aromatic N) is 1. The molecule has 1 saturated heterocycles. The zero-order valence-electron chi connectivity index (χ0n) is 18.1. The number of hydrogen-bond acceptors (Lipinski definition) is 4. The number of aliphatic imine (C=N–C) groups is 1. The molecule has 0 unspecified atom stereocenters. The van der Waals surface area contributed by atoms with Crippen LogP contribution in [0.1, 0.15) is 42.1 Å². The summed E-state index contributed by atoms with van der Waals surface area (Å²) >= 11 is 0. The predicted molar refractivity (Wildman–Crippen MR) is 116 cm³/mol. The standard InChI is InChI=1S/C22H35FN4O3/c1-3-24-22(26-9-4-12-30-16-18-7-13-29-14-8-18)27-11-10-25-21(28)19-6-5-17(2)20(23)15-19/h5-6,15,18H,3-4,7-14,16H2,1-2H3,(H,25,28)(H2,24,26,27). The van der Waals surface area contributed by atoms with Crippen LogP contribution < -0.4 is 16.0 Å². The Morgan fingerprint density at radius 1 is 1.23 bits per heavy atom. The Hall–Kier alpha value is -2.19. The van der Waals surface area contributed by atoms with Crippen LogP contribution in [0.25, 0.3) is 0 Å². The molecule has 0 aromatic heterocycles. The highest BCUT2D eigenvalue weighted by atomic mass is 19.1. The maximum Gasteiger partial charge on any atom is 0.251 e. The van der Waals surface area contributed by atoms with E-state index < -0.39 is 0 Å². The van der Waals surface area contributed by atoms with Gasteiger partial charge in [0.15, 0.2) is 5.96 Å². The van der Waals surface area contributed by atoms with Crippen molar-refractivity contribution in [1.82, 2.24) is 16.0 Å². The van der Waals surface area contributed by atoms with Crippen molar-refractivity contribution in [3.63, 3.8) is 0 Å². The van der Waals surface area contributed by atoms with Crippen molar-refractivity contribution >= 4 is 11.9 Å². The number of rotatable bonds is 11. The van der Waals surface area contributed by atoms with Crippen LogP contribution in [-0.2, 0) is 9.47 Å². The molecule has 0 radical (unpaired) electrons. The van der Waals surface area contributed by atoms with Crippen molar-refractivity contribution in [2.75, 3.05) is 52.6 Å². The Bertz CT molecular complexity index is 678. The van der Waals surface area contributed by atoms with Crippen molar-refractivity contribution in [2.45, 2.75) is 33.1 Å². The number of aryl methyl sites for hydroxylation is 1. The Labute approximate surface area is 178 Å². The van der Waals surface area contributed by atoms with Gasteiger partial charge >= 0.3 is 0 Å². The number of amides is 1. The highest BCUT2D eigenvalue weighted by Gasteiger charge is 2.13. The average Bonchev–Trinajstić information content (AvgIpc) is 2.76. The van der Waals surface area contributed by atoms with E-state index in [2.05, 4.69) is 20.9 Å².